The number of carbonyl (C=O) groups excluding carboxylic acids is 3. The molecule has 2 aromatic rings. The fourth-order valence-electron chi connectivity index (χ4n) is 3.68. The van der Waals surface area contributed by atoms with Gasteiger partial charge >= 0.3 is 0 Å². The Hall–Kier alpha value is -3.35. The lowest BCUT2D eigenvalue weighted by molar-refractivity contribution is -0.131. The van der Waals surface area contributed by atoms with Crippen molar-refractivity contribution < 1.29 is 19.1 Å². The van der Waals surface area contributed by atoms with Crippen LogP contribution >= 0.6 is 0 Å². The van der Waals surface area contributed by atoms with Crippen molar-refractivity contribution in [2.24, 2.45) is 5.92 Å². The summed E-state index contributed by atoms with van der Waals surface area (Å²) < 4.78 is 5.14. The van der Waals surface area contributed by atoms with Crippen molar-refractivity contribution in [3.63, 3.8) is 0 Å². The van der Waals surface area contributed by atoms with Crippen LogP contribution in [0.1, 0.15) is 25.8 Å². The minimum atomic E-state index is -0.684. The number of benzene rings is 2. The van der Waals surface area contributed by atoms with Crippen molar-refractivity contribution in [1.82, 2.24) is 10.6 Å². The number of anilines is 1. The Morgan fingerprint density at radius 3 is 2.39 bits per heavy atom. The number of methoxy groups -OCH3 is 1. The maximum atomic E-state index is 12.7. The third-order valence-electron chi connectivity index (χ3n) is 5.41. The SMILES string of the molecule is COc1ccc(N2CC(C(=O)N[C@@H](C)C(=O)NC(C)Cc3ccccc3)CC2=O)cc1. The molecule has 164 valence electrons. The molecule has 2 N–H and O–H groups in total. The van der Waals surface area contributed by atoms with Crippen LogP contribution in [0.4, 0.5) is 5.69 Å². The molecule has 0 saturated carbocycles. The van der Waals surface area contributed by atoms with Gasteiger partial charge in [-0.2, -0.15) is 0 Å². The molecular weight excluding hydrogens is 394 g/mol. The molecule has 1 aliphatic rings. The number of carbonyl (C=O) groups is 3. The fourth-order valence-corrected chi connectivity index (χ4v) is 3.68. The Bertz CT molecular complexity index is 914. The number of amides is 3. The lowest BCUT2D eigenvalue weighted by Crippen LogP contribution is -2.49. The average Bonchev–Trinajstić information content (AvgIpc) is 3.16. The van der Waals surface area contributed by atoms with Crippen molar-refractivity contribution in [1.29, 1.82) is 0 Å². The zero-order valence-corrected chi connectivity index (χ0v) is 18.1. The highest BCUT2D eigenvalue weighted by molar-refractivity contribution is 6.01. The van der Waals surface area contributed by atoms with E-state index in [1.807, 2.05) is 37.3 Å². The van der Waals surface area contributed by atoms with Crippen LogP contribution in [-0.2, 0) is 20.8 Å². The number of nitrogens with zero attached hydrogens (tertiary/aromatic N) is 1. The molecule has 3 amide bonds. The van der Waals surface area contributed by atoms with Crippen molar-refractivity contribution >= 4 is 23.4 Å². The van der Waals surface area contributed by atoms with Crippen molar-refractivity contribution in [3.05, 3.63) is 60.2 Å². The van der Waals surface area contributed by atoms with Gasteiger partial charge in [0, 0.05) is 24.7 Å². The summed E-state index contributed by atoms with van der Waals surface area (Å²) in [7, 11) is 1.58. The molecule has 1 saturated heterocycles. The Balaban J connectivity index is 1.50. The van der Waals surface area contributed by atoms with Gasteiger partial charge in [0.1, 0.15) is 11.8 Å². The third-order valence-corrected chi connectivity index (χ3v) is 5.41. The van der Waals surface area contributed by atoms with Gasteiger partial charge in [-0.1, -0.05) is 30.3 Å². The standard InChI is InChI=1S/C24H29N3O4/c1-16(13-18-7-5-4-6-8-18)25-23(29)17(2)26-24(30)19-14-22(28)27(15-19)20-9-11-21(31-3)12-10-20/h4-12,16-17,19H,13-15H2,1-3H3,(H,25,29)(H,26,30)/t16?,17-,19?/m0/s1. The molecule has 2 unspecified atom stereocenters. The third kappa shape index (κ3) is 5.84. The van der Waals surface area contributed by atoms with E-state index in [-0.39, 0.29) is 36.7 Å². The summed E-state index contributed by atoms with van der Waals surface area (Å²) in [4.78, 5) is 39.2. The van der Waals surface area contributed by atoms with Gasteiger partial charge in [0.2, 0.25) is 17.7 Å². The zero-order valence-electron chi connectivity index (χ0n) is 18.1. The van der Waals surface area contributed by atoms with E-state index in [2.05, 4.69) is 10.6 Å². The summed E-state index contributed by atoms with van der Waals surface area (Å²) in [5, 5.41) is 5.69. The first-order valence-corrected chi connectivity index (χ1v) is 10.5. The second-order valence-corrected chi connectivity index (χ2v) is 7.93. The van der Waals surface area contributed by atoms with Gasteiger partial charge in [0.15, 0.2) is 0 Å². The maximum absolute atomic E-state index is 12.7. The summed E-state index contributed by atoms with van der Waals surface area (Å²) in [6.45, 7) is 3.87. The van der Waals surface area contributed by atoms with Crippen LogP contribution in [0.3, 0.4) is 0 Å². The Kier molecular flexibility index (Phi) is 7.28. The quantitative estimate of drug-likeness (QED) is 0.682. The minimum absolute atomic E-state index is 0.0622. The van der Waals surface area contributed by atoms with E-state index in [4.69, 9.17) is 4.74 Å². The average molecular weight is 424 g/mol. The molecule has 7 nitrogen and oxygen atoms in total. The van der Waals surface area contributed by atoms with E-state index in [0.29, 0.717) is 12.2 Å². The van der Waals surface area contributed by atoms with Crippen LogP contribution in [0, 0.1) is 5.92 Å². The molecule has 1 heterocycles. The van der Waals surface area contributed by atoms with Crippen LogP contribution in [0.2, 0.25) is 0 Å². The molecule has 1 aliphatic heterocycles. The van der Waals surface area contributed by atoms with Crippen molar-refractivity contribution in [2.75, 3.05) is 18.6 Å². The fraction of sp³-hybridized carbons (Fsp3) is 0.375. The Morgan fingerprint density at radius 1 is 1.06 bits per heavy atom. The second-order valence-electron chi connectivity index (χ2n) is 7.93. The van der Waals surface area contributed by atoms with Crippen LogP contribution < -0.4 is 20.3 Å². The van der Waals surface area contributed by atoms with E-state index in [1.54, 1.807) is 43.2 Å². The summed E-state index contributed by atoms with van der Waals surface area (Å²) in [6.07, 6.45) is 0.831. The van der Waals surface area contributed by atoms with Gasteiger partial charge in [0.05, 0.1) is 13.0 Å². The second kappa shape index (κ2) is 10.1. The molecule has 3 rings (SSSR count). The number of rotatable bonds is 8. The zero-order chi connectivity index (χ0) is 22.4. The van der Waals surface area contributed by atoms with Crippen LogP contribution in [0.25, 0.3) is 0 Å². The predicted molar refractivity (Wildman–Crippen MR) is 119 cm³/mol. The van der Waals surface area contributed by atoms with Crippen molar-refractivity contribution in [2.45, 2.75) is 38.8 Å². The molecule has 31 heavy (non-hydrogen) atoms. The first kappa shape index (κ1) is 22.3. The van der Waals surface area contributed by atoms with Crippen LogP contribution in [-0.4, -0.2) is 43.5 Å². The number of hydrogen-bond acceptors (Lipinski definition) is 4. The molecule has 0 radical (unpaired) electrons. The van der Waals surface area contributed by atoms with E-state index in [9.17, 15) is 14.4 Å². The molecule has 2 aromatic carbocycles. The van der Waals surface area contributed by atoms with E-state index in [0.717, 1.165) is 11.3 Å². The summed E-state index contributed by atoms with van der Waals surface area (Å²) in [6, 6.07) is 16.3. The first-order valence-electron chi connectivity index (χ1n) is 10.5. The highest BCUT2D eigenvalue weighted by atomic mass is 16.5. The lowest BCUT2D eigenvalue weighted by atomic mass is 10.1. The van der Waals surface area contributed by atoms with Crippen LogP contribution in [0.15, 0.2) is 54.6 Å². The predicted octanol–water partition coefficient (Wildman–Crippen LogP) is 2.30. The van der Waals surface area contributed by atoms with Gasteiger partial charge in [-0.05, 0) is 50.1 Å². The normalized spacial score (nSPS) is 17.7. The topological polar surface area (TPSA) is 87.7 Å². The van der Waals surface area contributed by atoms with E-state index >= 15 is 0 Å². The van der Waals surface area contributed by atoms with Crippen LogP contribution in [0.5, 0.6) is 5.75 Å². The van der Waals surface area contributed by atoms with Gasteiger partial charge < -0.3 is 20.3 Å². The molecule has 0 aliphatic carbocycles. The van der Waals surface area contributed by atoms with E-state index < -0.39 is 12.0 Å². The smallest absolute Gasteiger partial charge is 0.242 e. The van der Waals surface area contributed by atoms with E-state index in [1.165, 1.54) is 0 Å². The highest BCUT2D eigenvalue weighted by Gasteiger charge is 2.36. The number of nitrogens with one attached hydrogen (secondary N) is 2. The highest BCUT2D eigenvalue weighted by Crippen LogP contribution is 2.27. The largest absolute Gasteiger partial charge is 0.497 e. The summed E-state index contributed by atoms with van der Waals surface area (Å²) >= 11 is 0. The van der Waals surface area contributed by atoms with Gasteiger partial charge in [-0.15, -0.1) is 0 Å². The van der Waals surface area contributed by atoms with Gasteiger partial charge in [-0.25, -0.2) is 0 Å². The molecular formula is C24H29N3O4. The molecule has 0 spiro atoms. The first-order chi connectivity index (χ1) is 14.9. The van der Waals surface area contributed by atoms with Gasteiger partial charge in [0.25, 0.3) is 0 Å². The van der Waals surface area contributed by atoms with Crippen molar-refractivity contribution in [3.8, 4) is 5.75 Å². The summed E-state index contributed by atoms with van der Waals surface area (Å²) in [5.41, 5.74) is 1.86. The minimum Gasteiger partial charge on any atom is -0.497 e. The molecule has 7 heteroatoms. The maximum Gasteiger partial charge on any atom is 0.242 e. The molecule has 3 atom stereocenters. The lowest BCUT2D eigenvalue weighted by Gasteiger charge is -2.20. The Morgan fingerprint density at radius 2 is 1.74 bits per heavy atom. The summed E-state index contributed by atoms with van der Waals surface area (Å²) in [5.74, 6) is -0.438. The van der Waals surface area contributed by atoms with Gasteiger partial charge in [-0.3, -0.25) is 14.4 Å². The monoisotopic (exact) mass is 423 g/mol. The number of ether oxygens (including phenoxy) is 1. The Labute approximate surface area is 182 Å². The molecule has 1 fully saturated rings. The molecule has 0 aromatic heterocycles. The number of hydrogen-bond donors (Lipinski definition) is 2. The molecule has 0 bridgehead atoms.